The Morgan fingerprint density at radius 3 is 2.74 bits per heavy atom. The number of urea groups is 1. The third-order valence-electron chi connectivity index (χ3n) is 2.59. The number of carbonyl (C=O) groups is 1. The lowest BCUT2D eigenvalue weighted by atomic mass is 10.1. The van der Waals surface area contributed by atoms with E-state index < -0.39 is 6.03 Å². The second-order valence-electron chi connectivity index (χ2n) is 4.06. The fourth-order valence-electron chi connectivity index (χ4n) is 1.72. The first kappa shape index (κ1) is 14.8. The third kappa shape index (κ3) is 4.50. The van der Waals surface area contributed by atoms with E-state index in [-0.39, 0.29) is 5.96 Å². The van der Waals surface area contributed by atoms with Gasteiger partial charge in [-0.3, -0.25) is 0 Å². The van der Waals surface area contributed by atoms with Crippen LogP contribution in [-0.4, -0.2) is 19.1 Å². The minimum absolute atomic E-state index is 0.275. The summed E-state index contributed by atoms with van der Waals surface area (Å²) in [6.45, 7) is 2.11. The van der Waals surface area contributed by atoms with Gasteiger partial charge in [0.05, 0.1) is 12.8 Å². The number of nitrogens with two attached hydrogens (primary N) is 2. The summed E-state index contributed by atoms with van der Waals surface area (Å²) in [7, 11) is 1.55. The van der Waals surface area contributed by atoms with Crippen LogP contribution >= 0.6 is 0 Å². The Balaban J connectivity index is 3.00. The number of hydrogen-bond donors (Lipinski definition) is 3. The molecule has 0 saturated carbocycles. The SMILES string of the molecule is CCCCc1cccc(OC)c1NC(=O)N=C(N)N. The first-order valence-electron chi connectivity index (χ1n) is 6.15. The third-order valence-corrected chi connectivity index (χ3v) is 2.59. The highest BCUT2D eigenvalue weighted by atomic mass is 16.5. The Morgan fingerprint density at radius 2 is 2.16 bits per heavy atom. The topological polar surface area (TPSA) is 103 Å². The van der Waals surface area contributed by atoms with Gasteiger partial charge in [-0.15, -0.1) is 0 Å². The number of carbonyl (C=O) groups excluding carboxylic acids is 1. The molecular weight excluding hydrogens is 244 g/mol. The summed E-state index contributed by atoms with van der Waals surface area (Å²) in [5.41, 5.74) is 12.0. The van der Waals surface area contributed by atoms with E-state index in [2.05, 4.69) is 17.2 Å². The Bertz CT molecular complexity index is 468. The van der Waals surface area contributed by atoms with Gasteiger partial charge >= 0.3 is 6.03 Å². The molecule has 0 bridgehead atoms. The molecule has 0 radical (unpaired) electrons. The van der Waals surface area contributed by atoms with Gasteiger partial charge in [-0.25, -0.2) is 4.79 Å². The predicted molar refractivity (Wildman–Crippen MR) is 76.4 cm³/mol. The molecule has 0 atom stereocenters. The first-order chi connectivity index (χ1) is 9.08. The molecule has 1 aromatic carbocycles. The number of para-hydroxylation sites is 1. The van der Waals surface area contributed by atoms with E-state index in [1.807, 2.05) is 12.1 Å². The average Bonchev–Trinajstić information content (AvgIpc) is 2.36. The van der Waals surface area contributed by atoms with E-state index >= 15 is 0 Å². The van der Waals surface area contributed by atoms with Crippen LogP contribution in [0.3, 0.4) is 0 Å². The molecule has 6 heteroatoms. The maximum Gasteiger partial charge on any atom is 0.348 e. The maximum atomic E-state index is 11.6. The second kappa shape index (κ2) is 7.25. The fourth-order valence-corrected chi connectivity index (χ4v) is 1.72. The number of methoxy groups -OCH3 is 1. The molecule has 104 valence electrons. The highest BCUT2D eigenvalue weighted by Gasteiger charge is 2.11. The monoisotopic (exact) mass is 264 g/mol. The first-order valence-corrected chi connectivity index (χ1v) is 6.15. The number of nitrogens with one attached hydrogen (secondary N) is 1. The van der Waals surface area contributed by atoms with Gasteiger partial charge in [0.1, 0.15) is 5.75 Å². The minimum Gasteiger partial charge on any atom is -0.495 e. The van der Waals surface area contributed by atoms with Crippen LogP contribution in [0.5, 0.6) is 5.75 Å². The number of amides is 2. The number of guanidine groups is 1. The largest absolute Gasteiger partial charge is 0.495 e. The predicted octanol–water partition coefficient (Wildman–Crippen LogP) is 1.84. The van der Waals surface area contributed by atoms with Crippen LogP contribution in [0.1, 0.15) is 25.3 Å². The van der Waals surface area contributed by atoms with Crippen LogP contribution < -0.4 is 21.5 Å². The fraction of sp³-hybridized carbons (Fsp3) is 0.385. The van der Waals surface area contributed by atoms with Crippen molar-refractivity contribution < 1.29 is 9.53 Å². The molecule has 6 nitrogen and oxygen atoms in total. The molecule has 19 heavy (non-hydrogen) atoms. The van der Waals surface area contributed by atoms with Crippen molar-refractivity contribution in [2.75, 3.05) is 12.4 Å². The number of aryl methyl sites for hydroxylation is 1. The molecular formula is C13H20N4O2. The van der Waals surface area contributed by atoms with E-state index in [1.165, 1.54) is 0 Å². The average molecular weight is 264 g/mol. The zero-order valence-electron chi connectivity index (χ0n) is 11.3. The van der Waals surface area contributed by atoms with E-state index in [0.717, 1.165) is 24.8 Å². The summed E-state index contributed by atoms with van der Waals surface area (Å²) in [5, 5.41) is 2.66. The lowest BCUT2D eigenvalue weighted by molar-refractivity contribution is 0.259. The number of aliphatic imine (C=N–C) groups is 1. The number of unbranched alkanes of at least 4 members (excludes halogenated alkanes) is 1. The molecule has 0 saturated heterocycles. The molecule has 1 aromatic rings. The van der Waals surface area contributed by atoms with E-state index in [9.17, 15) is 4.79 Å². The number of ether oxygens (including phenoxy) is 1. The molecule has 0 fully saturated rings. The molecule has 0 spiro atoms. The van der Waals surface area contributed by atoms with Gasteiger partial charge in [0.2, 0.25) is 0 Å². The lowest BCUT2D eigenvalue weighted by Crippen LogP contribution is -2.25. The second-order valence-corrected chi connectivity index (χ2v) is 4.06. The van der Waals surface area contributed by atoms with Crippen molar-refractivity contribution in [1.29, 1.82) is 0 Å². The van der Waals surface area contributed by atoms with Crippen LogP contribution in [0, 0.1) is 0 Å². The molecule has 5 N–H and O–H groups in total. The summed E-state index contributed by atoms with van der Waals surface area (Å²) >= 11 is 0. The van der Waals surface area contributed by atoms with E-state index in [1.54, 1.807) is 13.2 Å². The number of nitrogens with zero attached hydrogens (tertiary/aromatic N) is 1. The number of anilines is 1. The molecule has 1 rings (SSSR count). The van der Waals surface area contributed by atoms with Crippen molar-refractivity contribution >= 4 is 17.7 Å². The lowest BCUT2D eigenvalue weighted by Gasteiger charge is -2.13. The van der Waals surface area contributed by atoms with Gasteiger partial charge in [-0.2, -0.15) is 4.99 Å². The highest BCUT2D eigenvalue weighted by molar-refractivity contribution is 5.99. The van der Waals surface area contributed by atoms with Gasteiger partial charge in [0.25, 0.3) is 0 Å². The Kier molecular flexibility index (Phi) is 5.66. The van der Waals surface area contributed by atoms with Crippen molar-refractivity contribution in [2.45, 2.75) is 26.2 Å². The summed E-state index contributed by atoms with van der Waals surface area (Å²) in [4.78, 5) is 15.0. The minimum atomic E-state index is -0.609. The van der Waals surface area contributed by atoms with Crippen molar-refractivity contribution in [3.05, 3.63) is 23.8 Å². The van der Waals surface area contributed by atoms with Crippen molar-refractivity contribution in [1.82, 2.24) is 0 Å². The Labute approximate surface area is 112 Å². The summed E-state index contributed by atoms with van der Waals surface area (Å²) in [6, 6.07) is 5.01. The maximum absolute atomic E-state index is 11.6. The summed E-state index contributed by atoms with van der Waals surface area (Å²) in [5.74, 6) is 0.315. The molecule has 0 heterocycles. The quantitative estimate of drug-likeness (QED) is 0.557. The number of rotatable bonds is 5. The summed E-state index contributed by atoms with van der Waals surface area (Å²) < 4.78 is 5.25. The zero-order chi connectivity index (χ0) is 14.3. The van der Waals surface area contributed by atoms with Gasteiger partial charge in [0, 0.05) is 0 Å². The Morgan fingerprint density at radius 1 is 1.42 bits per heavy atom. The van der Waals surface area contributed by atoms with Crippen molar-refractivity contribution in [3.8, 4) is 5.75 Å². The van der Waals surface area contributed by atoms with E-state index in [0.29, 0.717) is 11.4 Å². The number of hydrogen-bond acceptors (Lipinski definition) is 2. The molecule has 0 aliphatic carbocycles. The Hall–Kier alpha value is -2.24. The van der Waals surface area contributed by atoms with Crippen molar-refractivity contribution in [3.63, 3.8) is 0 Å². The standard InChI is InChI=1S/C13H20N4O2/c1-3-4-6-9-7-5-8-10(19-2)11(9)16-13(18)17-12(14)15/h5,7-8H,3-4,6H2,1-2H3,(H5,14,15,16,17,18). The highest BCUT2D eigenvalue weighted by Crippen LogP contribution is 2.29. The normalized spacial score (nSPS) is 9.79. The molecule has 0 aliphatic rings. The van der Waals surface area contributed by atoms with Crippen LogP contribution in [0.2, 0.25) is 0 Å². The molecule has 0 aromatic heterocycles. The van der Waals surface area contributed by atoms with Crippen molar-refractivity contribution in [2.24, 2.45) is 16.5 Å². The van der Waals surface area contributed by atoms with Crippen LogP contribution in [-0.2, 0) is 6.42 Å². The van der Waals surface area contributed by atoms with Gasteiger partial charge < -0.3 is 21.5 Å². The van der Waals surface area contributed by atoms with Crippen LogP contribution in [0.4, 0.5) is 10.5 Å². The molecule has 2 amide bonds. The smallest absolute Gasteiger partial charge is 0.348 e. The van der Waals surface area contributed by atoms with Crippen LogP contribution in [0.15, 0.2) is 23.2 Å². The van der Waals surface area contributed by atoms with Crippen LogP contribution in [0.25, 0.3) is 0 Å². The molecule has 0 unspecified atom stereocenters. The number of benzene rings is 1. The zero-order valence-corrected chi connectivity index (χ0v) is 11.3. The molecule has 0 aliphatic heterocycles. The van der Waals surface area contributed by atoms with E-state index in [4.69, 9.17) is 16.2 Å². The summed E-state index contributed by atoms with van der Waals surface area (Å²) in [6.07, 6.45) is 2.95. The van der Waals surface area contributed by atoms with Gasteiger partial charge in [-0.1, -0.05) is 25.5 Å². The van der Waals surface area contributed by atoms with Gasteiger partial charge in [-0.05, 0) is 24.5 Å². The van der Waals surface area contributed by atoms with Gasteiger partial charge in [0.15, 0.2) is 5.96 Å².